The second-order valence-electron chi connectivity index (χ2n) is 5.66. The molecule has 1 aromatic rings. The highest BCUT2D eigenvalue weighted by Gasteiger charge is 2.25. The van der Waals surface area contributed by atoms with Gasteiger partial charge in [-0.25, -0.2) is 0 Å². The predicted molar refractivity (Wildman–Crippen MR) is 85.3 cm³/mol. The molecule has 2 rings (SSSR count). The van der Waals surface area contributed by atoms with Gasteiger partial charge in [0.1, 0.15) is 0 Å². The Morgan fingerprint density at radius 2 is 2.05 bits per heavy atom. The molecule has 0 bridgehead atoms. The number of nitrogens with zero attached hydrogens (tertiary/aromatic N) is 1. The van der Waals surface area contributed by atoms with Crippen LogP contribution >= 0.6 is 15.9 Å². The van der Waals surface area contributed by atoms with Crippen molar-refractivity contribution in [1.29, 1.82) is 0 Å². The molecule has 1 fully saturated rings. The minimum atomic E-state index is 0.354. The van der Waals surface area contributed by atoms with E-state index in [0.717, 1.165) is 5.92 Å². The maximum Gasteiger partial charge on any atom is 0.0481 e. The highest BCUT2D eigenvalue weighted by molar-refractivity contribution is 9.10. The zero-order valence-corrected chi connectivity index (χ0v) is 13.6. The smallest absolute Gasteiger partial charge is 0.0481 e. The zero-order chi connectivity index (χ0) is 13.8. The fraction of sp³-hybridized carbons (Fsp3) is 0.625. The maximum absolute atomic E-state index is 6.05. The molecule has 1 aliphatic rings. The van der Waals surface area contributed by atoms with Crippen LogP contribution in [0, 0.1) is 12.8 Å². The Kier molecular flexibility index (Phi) is 5.43. The Morgan fingerprint density at radius 3 is 2.58 bits per heavy atom. The first-order valence-corrected chi connectivity index (χ1v) is 8.15. The molecule has 1 atom stereocenters. The fourth-order valence-corrected chi connectivity index (χ4v) is 3.81. The van der Waals surface area contributed by atoms with E-state index in [2.05, 4.69) is 52.9 Å². The Labute approximate surface area is 125 Å². The summed E-state index contributed by atoms with van der Waals surface area (Å²) in [6.45, 7) is 7.48. The largest absolute Gasteiger partial charge is 0.329 e. The summed E-state index contributed by atoms with van der Waals surface area (Å²) < 4.78 is 1.19. The normalized spacial score (nSPS) is 19.6. The number of hydrogen-bond acceptors (Lipinski definition) is 2. The second-order valence-corrected chi connectivity index (χ2v) is 6.52. The Morgan fingerprint density at radius 1 is 1.37 bits per heavy atom. The topological polar surface area (TPSA) is 29.3 Å². The number of benzene rings is 1. The van der Waals surface area contributed by atoms with Gasteiger partial charge in [0.05, 0.1) is 0 Å². The number of hydrogen-bond donors (Lipinski definition) is 1. The Balaban J connectivity index is 2.12. The van der Waals surface area contributed by atoms with Gasteiger partial charge in [-0.15, -0.1) is 0 Å². The zero-order valence-electron chi connectivity index (χ0n) is 12.0. The summed E-state index contributed by atoms with van der Waals surface area (Å²) >= 11 is 3.70. The molecule has 2 nitrogen and oxygen atoms in total. The molecule has 1 unspecified atom stereocenters. The minimum absolute atomic E-state index is 0.354. The van der Waals surface area contributed by atoms with Crippen molar-refractivity contribution in [2.45, 2.75) is 39.2 Å². The van der Waals surface area contributed by atoms with Gasteiger partial charge in [-0.2, -0.15) is 0 Å². The lowest BCUT2D eigenvalue weighted by atomic mass is 9.92. The van der Waals surface area contributed by atoms with Crippen LogP contribution in [0.25, 0.3) is 0 Å². The monoisotopic (exact) mass is 324 g/mol. The van der Waals surface area contributed by atoms with E-state index < -0.39 is 0 Å². The third-order valence-corrected chi connectivity index (χ3v) is 5.09. The van der Waals surface area contributed by atoms with Gasteiger partial charge in [-0.05, 0) is 56.0 Å². The lowest BCUT2D eigenvalue weighted by Gasteiger charge is -2.37. The molecule has 0 saturated carbocycles. The molecular formula is C16H25BrN2. The fourth-order valence-electron chi connectivity index (χ4n) is 3.05. The minimum Gasteiger partial charge on any atom is -0.329 e. The molecule has 0 spiro atoms. The van der Waals surface area contributed by atoms with Crippen molar-refractivity contribution in [3.05, 3.63) is 33.8 Å². The molecule has 1 aliphatic heterocycles. The van der Waals surface area contributed by atoms with Crippen LogP contribution in [0.5, 0.6) is 0 Å². The number of piperidine rings is 1. The van der Waals surface area contributed by atoms with Crippen LogP contribution in [0.15, 0.2) is 22.7 Å². The van der Waals surface area contributed by atoms with Crippen LogP contribution in [-0.2, 0) is 0 Å². The van der Waals surface area contributed by atoms with Crippen molar-refractivity contribution in [3.8, 4) is 0 Å². The van der Waals surface area contributed by atoms with E-state index in [9.17, 15) is 0 Å². The molecule has 0 aliphatic carbocycles. The average Bonchev–Trinajstić information content (AvgIpc) is 2.42. The molecule has 19 heavy (non-hydrogen) atoms. The summed E-state index contributed by atoms with van der Waals surface area (Å²) in [5.41, 5.74) is 8.67. The average molecular weight is 325 g/mol. The first kappa shape index (κ1) is 15.0. The second kappa shape index (κ2) is 6.87. The van der Waals surface area contributed by atoms with Crippen molar-refractivity contribution in [2.24, 2.45) is 11.7 Å². The molecular weight excluding hydrogens is 300 g/mol. The van der Waals surface area contributed by atoms with E-state index in [1.807, 2.05) is 0 Å². The molecule has 1 saturated heterocycles. The van der Waals surface area contributed by atoms with Crippen molar-refractivity contribution >= 4 is 15.9 Å². The number of aryl methyl sites for hydroxylation is 1. The van der Waals surface area contributed by atoms with E-state index in [0.29, 0.717) is 12.6 Å². The van der Waals surface area contributed by atoms with E-state index in [-0.39, 0.29) is 0 Å². The van der Waals surface area contributed by atoms with Crippen LogP contribution in [0.4, 0.5) is 0 Å². The quantitative estimate of drug-likeness (QED) is 0.910. The van der Waals surface area contributed by atoms with Crippen LogP contribution in [-0.4, -0.2) is 24.5 Å². The van der Waals surface area contributed by atoms with Gasteiger partial charge in [0, 0.05) is 17.1 Å². The van der Waals surface area contributed by atoms with Gasteiger partial charge < -0.3 is 5.73 Å². The van der Waals surface area contributed by atoms with Gasteiger partial charge >= 0.3 is 0 Å². The first-order valence-electron chi connectivity index (χ1n) is 7.35. The molecule has 3 heteroatoms. The number of halogens is 1. The standard InChI is InChI=1S/C16H25BrN2/c1-3-13-6-8-19(9-7-13)16(11-18)14-5-4-12(2)10-15(14)17/h4-5,10,13,16H,3,6-9,11,18H2,1-2H3. The van der Waals surface area contributed by atoms with Gasteiger partial charge in [-0.3, -0.25) is 4.90 Å². The third kappa shape index (κ3) is 3.59. The highest BCUT2D eigenvalue weighted by Crippen LogP contribution is 2.31. The van der Waals surface area contributed by atoms with Gasteiger partial charge in [0.15, 0.2) is 0 Å². The van der Waals surface area contributed by atoms with E-state index in [1.165, 1.54) is 48.0 Å². The molecule has 1 aromatic carbocycles. The van der Waals surface area contributed by atoms with E-state index in [1.54, 1.807) is 0 Å². The molecule has 0 amide bonds. The summed E-state index contributed by atoms with van der Waals surface area (Å²) in [5, 5.41) is 0. The summed E-state index contributed by atoms with van der Waals surface area (Å²) in [4.78, 5) is 2.56. The molecule has 0 aromatic heterocycles. The summed E-state index contributed by atoms with van der Waals surface area (Å²) in [7, 11) is 0. The number of rotatable bonds is 4. The van der Waals surface area contributed by atoms with Crippen LogP contribution in [0.3, 0.4) is 0 Å². The third-order valence-electron chi connectivity index (χ3n) is 4.41. The maximum atomic E-state index is 6.05. The van der Waals surface area contributed by atoms with E-state index >= 15 is 0 Å². The molecule has 1 heterocycles. The van der Waals surface area contributed by atoms with Crippen molar-refractivity contribution < 1.29 is 0 Å². The Hall–Kier alpha value is -0.380. The summed E-state index contributed by atoms with van der Waals surface area (Å²) in [5.74, 6) is 0.913. The Bertz CT molecular complexity index is 411. The van der Waals surface area contributed by atoms with Crippen LogP contribution in [0.1, 0.15) is 43.4 Å². The lowest BCUT2D eigenvalue weighted by molar-refractivity contribution is 0.133. The summed E-state index contributed by atoms with van der Waals surface area (Å²) in [6.07, 6.45) is 3.95. The molecule has 0 radical (unpaired) electrons. The number of likely N-dealkylation sites (tertiary alicyclic amines) is 1. The van der Waals surface area contributed by atoms with Crippen LogP contribution < -0.4 is 5.73 Å². The lowest BCUT2D eigenvalue weighted by Crippen LogP contribution is -2.39. The van der Waals surface area contributed by atoms with Crippen molar-refractivity contribution in [3.63, 3.8) is 0 Å². The number of nitrogens with two attached hydrogens (primary N) is 1. The molecule has 2 N–H and O–H groups in total. The molecule has 106 valence electrons. The predicted octanol–water partition coefficient (Wildman–Crippen LogP) is 3.88. The van der Waals surface area contributed by atoms with Gasteiger partial charge in [0.25, 0.3) is 0 Å². The van der Waals surface area contributed by atoms with Crippen molar-refractivity contribution in [1.82, 2.24) is 4.90 Å². The van der Waals surface area contributed by atoms with E-state index in [4.69, 9.17) is 5.73 Å². The SMILES string of the molecule is CCC1CCN(C(CN)c2ccc(C)cc2Br)CC1. The van der Waals surface area contributed by atoms with Crippen molar-refractivity contribution in [2.75, 3.05) is 19.6 Å². The van der Waals surface area contributed by atoms with Gasteiger partial charge in [-0.1, -0.05) is 41.4 Å². The first-order chi connectivity index (χ1) is 9.15. The van der Waals surface area contributed by atoms with Gasteiger partial charge in [0.2, 0.25) is 0 Å². The highest BCUT2D eigenvalue weighted by atomic mass is 79.9. The van der Waals surface area contributed by atoms with Crippen LogP contribution in [0.2, 0.25) is 0 Å². The summed E-state index contributed by atoms with van der Waals surface area (Å²) in [6, 6.07) is 6.95.